The molecule has 1 aromatic heterocycles. The Balaban J connectivity index is 1.72. The van der Waals surface area contributed by atoms with Gasteiger partial charge < -0.3 is 9.88 Å². The van der Waals surface area contributed by atoms with E-state index in [1.165, 1.54) is 5.56 Å². The lowest BCUT2D eigenvalue weighted by atomic mass is 10.0. The highest BCUT2D eigenvalue weighted by Gasteiger charge is 2.22. The van der Waals surface area contributed by atoms with Crippen molar-refractivity contribution in [3.05, 3.63) is 96.3 Å². The second-order valence-electron chi connectivity index (χ2n) is 6.64. The van der Waals surface area contributed by atoms with E-state index in [9.17, 15) is 4.79 Å². The van der Waals surface area contributed by atoms with E-state index in [-0.39, 0.29) is 18.0 Å². The largest absolute Gasteiger partial charge is 0.351 e. The predicted octanol–water partition coefficient (Wildman–Crippen LogP) is 4.41. The highest BCUT2D eigenvalue weighted by atomic mass is 16.2. The molecular weight excluding hydrogens is 320 g/mol. The number of carbonyl (C=O) groups is 1. The lowest BCUT2D eigenvalue weighted by Crippen LogP contribution is -2.41. The topological polar surface area (TPSA) is 34.0 Å². The van der Waals surface area contributed by atoms with Gasteiger partial charge >= 0.3 is 0 Å². The summed E-state index contributed by atoms with van der Waals surface area (Å²) in [5.74, 6) is 0.0767. The Kier molecular flexibility index (Phi) is 6.26. The van der Waals surface area contributed by atoms with Crippen LogP contribution >= 0.6 is 0 Å². The molecule has 0 fully saturated rings. The SMILES string of the molecule is CC[C@H](Cc1ccccc1)NC(=O)[C@H](Cc1ccccc1)n1cccc1. The fourth-order valence-corrected chi connectivity index (χ4v) is 3.22. The quantitative estimate of drug-likeness (QED) is 0.644. The molecule has 1 amide bonds. The molecule has 0 aliphatic rings. The molecule has 134 valence electrons. The van der Waals surface area contributed by atoms with Gasteiger partial charge in [0.1, 0.15) is 6.04 Å². The van der Waals surface area contributed by atoms with Crippen molar-refractivity contribution < 1.29 is 4.79 Å². The molecule has 3 rings (SSSR count). The van der Waals surface area contributed by atoms with E-state index in [4.69, 9.17) is 0 Å². The minimum Gasteiger partial charge on any atom is -0.351 e. The predicted molar refractivity (Wildman–Crippen MR) is 106 cm³/mol. The van der Waals surface area contributed by atoms with Gasteiger partial charge in [-0.3, -0.25) is 4.79 Å². The van der Waals surface area contributed by atoms with Gasteiger partial charge in [-0.05, 0) is 36.1 Å². The van der Waals surface area contributed by atoms with Crippen LogP contribution in [0.5, 0.6) is 0 Å². The van der Waals surface area contributed by atoms with Gasteiger partial charge in [-0.2, -0.15) is 0 Å². The van der Waals surface area contributed by atoms with Crippen molar-refractivity contribution in [1.29, 1.82) is 0 Å². The molecule has 0 aliphatic carbocycles. The third-order valence-corrected chi connectivity index (χ3v) is 4.73. The summed E-state index contributed by atoms with van der Waals surface area (Å²) in [5.41, 5.74) is 2.41. The standard InChI is InChI=1S/C23H26N2O/c1-2-21(17-19-11-5-3-6-12-19)24-23(26)22(25-15-9-10-16-25)18-20-13-7-4-8-14-20/h3-16,21-22H,2,17-18H2,1H3,(H,24,26)/t21-,22+/m1/s1. The molecule has 0 saturated heterocycles. The Hall–Kier alpha value is -2.81. The van der Waals surface area contributed by atoms with Crippen molar-refractivity contribution in [3.8, 4) is 0 Å². The van der Waals surface area contributed by atoms with Crippen LogP contribution in [0.1, 0.15) is 30.5 Å². The first-order valence-electron chi connectivity index (χ1n) is 9.27. The van der Waals surface area contributed by atoms with Gasteiger partial charge in [0.15, 0.2) is 0 Å². The zero-order valence-electron chi connectivity index (χ0n) is 15.2. The van der Waals surface area contributed by atoms with Gasteiger partial charge in [0.25, 0.3) is 0 Å². The van der Waals surface area contributed by atoms with Gasteiger partial charge in [0.05, 0.1) is 0 Å². The van der Waals surface area contributed by atoms with Crippen molar-refractivity contribution in [2.24, 2.45) is 0 Å². The van der Waals surface area contributed by atoms with Crippen LogP contribution in [0.2, 0.25) is 0 Å². The highest BCUT2D eigenvalue weighted by molar-refractivity contribution is 5.81. The van der Waals surface area contributed by atoms with Gasteiger partial charge in [-0.25, -0.2) is 0 Å². The summed E-state index contributed by atoms with van der Waals surface area (Å²) < 4.78 is 2.00. The first-order chi connectivity index (χ1) is 12.8. The van der Waals surface area contributed by atoms with E-state index in [1.807, 2.05) is 65.5 Å². The molecule has 1 heterocycles. The Morgan fingerprint density at radius 2 is 1.38 bits per heavy atom. The second kappa shape index (κ2) is 9.04. The molecule has 2 aromatic carbocycles. The van der Waals surface area contributed by atoms with E-state index in [0.717, 1.165) is 18.4 Å². The van der Waals surface area contributed by atoms with Crippen molar-refractivity contribution in [3.63, 3.8) is 0 Å². The van der Waals surface area contributed by atoms with Crippen LogP contribution in [0, 0.1) is 0 Å². The third-order valence-electron chi connectivity index (χ3n) is 4.73. The lowest BCUT2D eigenvalue weighted by Gasteiger charge is -2.23. The fraction of sp³-hybridized carbons (Fsp3) is 0.261. The maximum atomic E-state index is 13.1. The Labute approximate surface area is 155 Å². The molecular formula is C23H26N2O. The summed E-state index contributed by atoms with van der Waals surface area (Å²) in [6.07, 6.45) is 6.37. The molecule has 0 spiro atoms. The van der Waals surface area contributed by atoms with Gasteiger partial charge in [-0.15, -0.1) is 0 Å². The van der Waals surface area contributed by atoms with Gasteiger partial charge in [-0.1, -0.05) is 67.6 Å². The number of hydrogen-bond donors (Lipinski definition) is 1. The van der Waals surface area contributed by atoms with Crippen molar-refractivity contribution in [1.82, 2.24) is 9.88 Å². The monoisotopic (exact) mass is 346 g/mol. The van der Waals surface area contributed by atoms with Crippen LogP contribution in [0.15, 0.2) is 85.2 Å². The Morgan fingerprint density at radius 1 is 0.846 bits per heavy atom. The molecule has 0 unspecified atom stereocenters. The smallest absolute Gasteiger partial charge is 0.243 e. The van der Waals surface area contributed by atoms with Crippen LogP contribution in [0.3, 0.4) is 0 Å². The number of hydrogen-bond acceptors (Lipinski definition) is 1. The maximum Gasteiger partial charge on any atom is 0.243 e. The second-order valence-corrected chi connectivity index (χ2v) is 6.64. The van der Waals surface area contributed by atoms with Gasteiger partial charge in [0.2, 0.25) is 5.91 Å². The summed E-state index contributed by atoms with van der Waals surface area (Å²) in [5, 5.41) is 3.26. The number of carbonyl (C=O) groups excluding carboxylic acids is 1. The number of nitrogens with one attached hydrogen (secondary N) is 1. The number of benzene rings is 2. The van der Waals surface area contributed by atoms with Crippen molar-refractivity contribution >= 4 is 5.91 Å². The molecule has 2 atom stereocenters. The first kappa shape index (κ1) is 18.0. The van der Waals surface area contributed by atoms with Gasteiger partial charge in [0, 0.05) is 24.9 Å². The van der Waals surface area contributed by atoms with E-state index in [0.29, 0.717) is 6.42 Å². The zero-order valence-corrected chi connectivity index (χ0v) is 15.2. The van der Waals surface area contributed by atoms with Crippen LogP contribution in [0.4, 0.5) is 0 Å². The fourth-order valence-electron chi connectivity index (χ4n) is 3.22. The summed E-state index contributed by atoms with van der Waals surface area (Å²) in [6, 6.07) is 24.3. The zero-order chi connectivity index (χ0) is 18.2. The average molecular weight is 346 g/mol. The van der Waals surface area contributed by atoms with Crippen LogP contribution < -0.4 is 5.32 Å². The normalized spacial score (nSPS) is 13.1. The molecule has 3 aromatic rings. The van der Waals surface area contributed by atoms with Crippen LogP contribution in [0.25, 0.3) is 0 Å². The van der Waals surface area contributed by atoms with Crippen LogP contribution in [-0.2, 0) is 17.6 Å². The van der Waals surface area contributed by atoms with E-state index in [1.54, 1.807) is 0 Å². The number of aromatic nitrogens is 1. The average Bonchev–Trinajstić information content (AvgIpc) is 3.21. The van der Waals surface area contributed by atoms with E-state index in [2.05, 4.69) is 36.5 Å². The minimum atomic E-state index is -0.239. The Bertz CT molecular complexity index is 782. The third kappa shape index (κ3) is 4.85. The summed E-state index contributed by atoms with van der Waals surface area (Å²) in [6.45, 7) is 2.12. The Morgan fingerprint density at radius 3 is 1.92 bits per heavy atom. The maximum absolute atomic E-state index is 13.1. The molecule has 3 heteroatoms. The number of rotatable bonds is 8. The first-order valence-corrected chi connectivity index (χ1v) is 9.27. The summed E-state index contributed by atoms with van der Waals surface area (Å²) >= 11 is 0. The molecule has 3 nitrogen and oxygen atoms in total. The van der Waals surface area contributed by atoms with Crippen molar-refractivity contribution in [2.75, 3.05) is 0 Å². The summed E-state index contributed by atoms with van der Waals surface area (Å²) in [7, 11) is 0. The lowest BCUT2D eigenvalue weighted by molar-refractivity contribution is -0.125. The highest BCUT2D eigenvalue weighted by Crippen LogP contribution is 2.16. The molecule has 1 N–H and O–H groups in total. The molecule has 0 saturated carbocycles. The van der Waals surface area contributed by atoms with Crippen LogP contribution in [-0.4, -0.2) is 16.5 Å². The number of amides is 1. The van der Waals surface area contributed by atoms with E-state index < -0.39 is 0 Å². The molecule has 26 heavy (non-hydrogen) atoms. The molecule has 0 aliphatic heterocycles. The number of nitrogens with zero attached hydrogens (tertiary/aromatic N) is 1. The molecule has 0 radical (unpaired) electrons. The minimum absolute atomic E-state index is 0.0767. The molecule has 0 bridgehead atoms. The van der Waals surface area contributed by atoms with E-state index >= 15 is 0 Å². The van der Waals surface area contributed by atoms with Crippen molar-refractivity contribution in [2.45, 2.75) is 38.3 Å². The summed E-state index contributed by atoms with van der Waals surface area (Å²) in [4.78, 5) is 13.1.